The molecule has 0 atom stereocenters. The maximum absolute atomic E-state index is 10.7. The summed E-state index contributed by atoms with van der Waals surface area (Å²) in [5.74, 6) is 0.720. The highest BCUT2D eigenvalue weighted by atomic mass is 16.6. The van der Waals surface area contributed by atoms with Crippen molar-refractivity contribution in [3.05, 3.63) is 33.9 Å². The molecule has 0 spiro atoms. The highest BCUT2D eigenvalue weighted by Crippen LogP contribution is 2.41. The molecule has 92 valence electrons. The van der Waals surface area contributed by atoms with Gasteiger partial charge in [0.15, 0.2) is 0 Å². The summed E-state index contributed by atoms with van der Waals surface area (Å²) in [6.07, 6.45) is 2.54. The Morgan fingerprint density at radius 2 is 2.06 bits per heavy atom. The van der Waals surface area contributed by atoms with Gasteiger partial charge in [-0.3, -0.25) is 10.1 Å². The van der Waals surface area contributed by atoms with Gasteiger partial charge in [0.2, 0.25) is 0 Å². The van der Waals surface area contributed by atoms with Crippen LogP contribution < -0.4 is 5.32 Å². The van der Waals surface area contributed by atoms with Gasteiger partial charge in [-0.2, -0.15) is 0 Å². The fourth-order valence-corrected chi connectivity index (χ4v) is 2.16. The van der Waals surface area contributed by atoms with Crippen molar-refractivity contribution >= 4 is 11.4 Å². The summed E-state index contributed by atoms with van der Waals surface area (Å²) in [6.45, 7) is 6.27. The van der Waals surface area contributed by atoms with E-state index >= 15 is 0 Å². The fraction of sp³-hybridized carbons (Fsp3) is 0.538. The number of anilines is 1. The summed E-state index contributed by atoms with van der Waals surface area (Å²) in [5, 5.41) is 14.1. The highest BCUT2D eigenvalue weighted by molar-refractivity contribution is 5.56. The van der Waals surface area contributed by atoms with Crippen molar-refractivity contribution in [2.45, 2.75) is 39.2 Å². The van der Waals surface area contributed by atoms with Crippen LogP contribution in [0.1, 0.15) is 32.3 Å². The summed E-state index contributed by atoms with van der Waals surface area (Å²) < 4.78 is 0. The largest absolute Gasteiger partial charge is 0.380 e. The van der Waals surface area contributed by atoms with Crippen molar-refractivity contribution in [3.63, 3.8) is 0 Å². The van der Waals surface area contributed by atoms with E-state index in [1.165, 1.54) is 12.8 Å². The molecule has 0 saturated heterocycles. The summed E-state index contributed by atoms with van der Waals surface area (Å²) in [5.41, 5.74) is 2.14. The molecule has 4 heteroatoms. The van der Waals surface area contributed by atoms with Crippen molar-refractivity contribution in [2.75, 3.05) is 5.32 Å². The van der Waals surface area contributed by atoms with Crippen molar-refractivity contribution < 1.29 is 4.92 Å². The van der Waals surface area contributed by atoms with Crippen LogP contribution in [0.4, 0.5) is 11.4 Å². The maximum Gasteiger partial charge on any atom is 0.269 e. The molecule has 2 rings (SSSR count). The molecule has 1 aromatic carbocycles. The van der Waals surface area contributed by atoms with E-state index in [4.69, 9.17) is 0 Å². The molecule has 0 heterocycles. The molecule has 1 aliphatic rings. The predicted octanol–water partition coefficient (Wildman–Crippen LogP) is 3.50. The molecule has 4 nitrogen and oxygen atoms in total. The van der Waals surface area contributed by atoms with E-state index in [0.29, 0.717) is 0 Å². The standard InChI is InChI=1S/C13H18N2O2/c1-9-8-11(15(16)17)6-7-12(9)14-13(2,3)10-4-5-10/h6-8,10,14H,4-5H2,1-3H3. The second kappa shape index (κ2) is 4.02. The average Bonchev–Trinajstić information content (AvgIpc) is 3.04. The molecule has 0 unspecified atom stereocenters. The van der Waals surface area contributed by atoms with E-state index in [-0.39, 0.29) is 16.1 Å². The Labute approximate surface area is 101 Å². The topological polar surface area (TPSA) is 55.2 Å². The number of hydrogen-bond donors (Lipinski definition) is 1. The number of hydrogen-bond acceptors (Lipinski definition) is 3. The number of nitrogens with zero attached hydrogens (tertiary/aromatic N) is 1. The second-order valence-electron chi connectivity index (χ2n) is 5.38. The van der Waals surface area contributed by atoms with Gasteiger partial charge >= 0.3 is 0 Å². The van der Waals surface area contributed by atoms with Gasteiger partial charge in [-0.05, 0) is 51.2 Å². The maximum atomic E-state index is 10.7. The highest BCUT2D eigenvalue weighted by Gasteiger charge is 2.37. The Morgan fingerprint density at radius 3 is 2.53 bits per heavy atom. The molecule has 1 aliphatic carbocycles. The third-order valence-electron chi connectivity index (χ3n) is 3.48. The monoisotopic (exact) mass is 234 g/mol. The minimum atomic E-state index is -0.358. The first kappa shape index (κ1) is 11.9. The lowest BCUT2D eigenvalue weighted by Crippen LogP contribution is -2.33. The third-order valence-corrected chi connectivity index (χ3v) is 3.48. The Morgan fingerprint density at radius 1 is 1.41 bits per heavy atom. The predicted molar refractivity (Wildman–Crippen MR) is 68.3 cm³/mol. The van der Waals surface area contributed by atoms with Gasteiger partial charge in [-0.15, -0.1) is 0 Å². The number of nitro groups is 1. The van der Waals surface area contributed by atoms with E-state index in [9.17, 15) is 10.1 Å². The van der Waals surface area contributed by atoms with Crippen LogP contribution in [0, 0.1) is 23.0 Å². The van der Waals surface area contributed by atoms with Gasteiger partial charge in [0.05, 0.1) is 4.92 Å². The zero-order valence-electron chi connectivity index (χ0n) is 10.5. The smallest absolute Gasteiger partial charge is 0.269 e. The fourth-order valence-electron chi connectivity index (χ4n) is 2.16. The first-order chi connectivity index (χ1) is 7.90. The number of nitrogens with one attached hydrogen (secondary N) is 1. The third kappa shape index (κ3) is 2.57. The van der Waals surface area contributed by atoms with Crippen LogP contribution in [0.25, 0.3) is 0 Å². The Balaban J connectivity index is 2.19. The van der Waals surface area contributed by atoms with Crippen molar-refractivity contribution in [2.24, 2.45) is 5.92 Å². The van der Waals surface area contributed by atoms with Crippen LogP contribution >= 0.6 is 0 Å². The lowest BCUT2D eigenvalue weighted by atomic mass is 9.97. The number of rotatable bonds is 4. The molecule has 1 fully saturated rings. The van der Waals surface area contributed by atoms with Crippen LogP contribution in [0.3, 0.4) is 0 Å². The van der Waals surface area contributed by atoms with Crippen molar-refractivity contribution in [1.82, 2.24) is 0 Å². The molecular formula is C13H18N2O2. The minimum absolute atomic E-state index is 0.0703. The molecule has 17 heavy (non-hydrogen) atoms. The zero-order chi connectivity index (χ0) is 12.6. The number of non-ortho nitro benzene ring substituents is 1. The van der Waals surface area contributed by atoms with Gasteiger partial charge in [0.1, 0.15) is 0 Å². The first-order valence-corrected chi connectivity index (χ1v) is 5.93. The first-order valence-electron chi connectivity index (χ1n) is 5.93. The molecule has 0 aromatic heterocycles. The van der Waals surface area contributed by atoms with Gasteiger partial charge in [0, 0.05) is 23.4 Å². The van der Waals surface area contributed by atoms with Crippen molar-refractivity contribution in [3.8, 4) is 0 Å². The number of benzene rings is 1. The Bertz CT molecular complexity index is 451. The minimum Gasteiger partial charge on any atom is -0.380 e. The van der Waals surface area contributed by atoms with Gasteiger partial charge in [-0.1, -0.05) is 0 Å². The molecular weight excluding hydrogens is 216 g/mol. The molecule has 0 amide bonds. The molecule has 1 aromatic rings. The quantitative estimate of drug-likeness (QED) is 0.640. The van der Waals surface area contributed by atoms with E-state index in [1.807, 2.05) is 6.92 Å². The van der Waals surface area contributed by atoms with Gasteiger partial charge < -0.3 is 5.32 Å². The average molecular weight is 234 g/mol. The van der Waals surface area contributed by atoms with Gasteiger partial charge in [-0.25, -0.2) is 0 Å². The SMILES string of the molecule is Cc1cc([N+](=O)[O-])ccc1NC(C)(C)C1CC1. The molecule has 0 bridgehead atoms. The summed E-state index contributed by atoms with van der Waals surface area (Å²) in [7, 11) is 0. The summed E-state index contributed by atoms with van der Waals surface area (Å²) >= 11 is 0. The second-order valence-corrected chi connectivity index (χ2v) is 5.38. The number of aryl methyl sites for hydroxylation is 1. The molecule has 0 radical (unpaired) electrons. The Hall–Kier alpha value is -1.58. The van der Waals surface area contributed by atoms with E-state index in [0.717, 1.165) is 17.2 Å². The van der Waals surface area contributed by atoms with Crippen LogP contribution in [-0.4, -0.2) is 10.5 Å². The van der Waals surface area contributed by atoms with Crippen LogP contribution in [0.5, 0.6) is 0 Å². The zero-order valence-corrected chi connectivity index (χ0v) is 10.5. The molecule has 0 aliphatic heterocycles. The lowest BCUT2D eigenvalue weighted by molar-refractivity contribution is -0.384. The summed E-state index contributed by atoms with van der Waals surface area (Å²) in [4.78, 5) is 10.3. The van der Waals surface area contributed by atoms with Gasteiger partial charge in [0.25, 0.3) is 5.69 Å². The van der Waals surface area contributed by atoms with Crippen LogP contribution in [0.15, 0.2) is 18.2 Å². The molecule has 1 N–H and O–H groups in total. The van der Waals surface area contributed by atoms with E-state index in [2.05, 4.69) is 19.2 Å². The lowest BCUT2D eigenvalue weighted by Gasteiger charge is -2.28. The van der Waals surface area contributed by atoms with Crippen molar-refractivity contribution in [1.29, 1.82) is 0 Å². The number of nitro benzene ring substituents is 1. The van der Waals surface area contributed by atoms with E-state index < -0.39 is 0 Å². The van der Waals surface area contributed by atoms with Crippen LogP contribution in [-0.2, 0) is 0 Å². The van der Waals surface area contributed by atoms with Crippen LogP contribution in [0.2, 0.25) is 0 Å². The Kier molecular flexibility index (Phi) is 2.81. The normalized spacial score (nSPS) is 15.7. The summed E-state index contributed by atoms with van der Waals surface area (Å²) in [6, 6.07) is 4.97. The molecule has 1 saturated carbocycles. The van der Waals surface area contributed by atoms with E-state index in [1.54, 1.807) is 18.2 Å².